The summed E-state index contributed by atoms with van der Waals surface area (Å²) in [6.07, 6.45) is 0.724. The fourth-order valence-corrected chi connectivity index (χ4v) is 3.23. The number of sulfonamides is 1. The molecule has 3 rings (SSSR count). The number of fused-ring (bicyclic) bond motifs is 1. The van der Waals surface area contributed by atoms with Gasteiger partial charge in [-0.1, -0.05) is 18.2 Å². The Hall–Kier alpha value is -2.58. The van der Waals surface area contributed by atoms with Crippen LogP contribution in [0.3, 0.4) is 0 Å². The van der Waals surface area contributed by atoms with Gasteiger partial charge in [0.1, 0.15) is 0 Å². The zero-order valence-corrected chi connectivity index (χ0v) is 14.4. The Balaban J connectivity index is 1.75. The number of nitrogens with one attached hydrogen (secondary N) is 2. The Bertz CT molecular complexity index is 896. The number of carbonyl (C=O) groups excluding carboxylic acids is 1. The summed E-state index contributed by atoms with van der Waals surface area (Å²) < 4.78 is 35.8. The molecule has 2 aromatic rings. The lowest BCUT2D eigenvalue weighted by Crippen LogP contribution is -2.41. The number of hydrazine groups is 1. The second-order valence-electron chi connectivity index (χ2n) is 5.53. The van der Waals surface area contributed by atoms with Gasteiger partial charge in [-0.2, -0.15) is 0 Å². The summed E-state index contributed by atoms with van der Waals surface area (Å²) in [5.41, 5.74) is 3.36. The zero-order chi connectivity index (χ0) is 17.9. The van der Waals surface area contributed by atoms with Gasteiger partial charge in [0.05, 0.1) is 18.1 Å². The standard InChI is InChI=1S/C17H18N2O5S/c1-12-5-2-3-6-14(12)17(20)18-19-25(21,22)13-7-8-15-16(11-13)24-10-4-9-23-15/h2-3,5-8,11,19H,4,9-10H2,1H3,(H,18,20). The number of ether oxygens (including phenoxy) is 2. The summed E-state index contributed by atoms with van der Waals surface area (Å²) in [4.78, 5) is 14.2. The van der Waals surface area contributed by atoms with Crippen LogP contribution in [0.15, 0.2) is 47.4 Å². The highest BCUT2D eigenvalue weighted by molar-refractivity contribution is 7.89. The van der Waals surface area contributed by atoms with Gasteiger partial charge in [-0.05, 0) is 30.7 Å². The van der Waals surface area contributed by atoms with Crippen molar-refractivity contribution in [3.63, 3.8) is 0 Å². The van der Waals surface area contributed by atoms with Crippen molar-refractivity contribution >= 4 is 15.9 Å². The third-order valence-electron chi connectivity index (χ3n) is 3.72. The highest BCUT2D eigenvalue weighted by Gasteiger charge is 2.20. The molecule has 25 heavy (non-hydrogen) atoms. The minimum Gasteiger partial charge on any atom is -0.490 e. The summed E-state index contributed by atoms with van der Waals surface area (Å²) in [5.74, 6) is 0.335. The fraction of sp³-hybridized carbons (Fsp3) is 0.235. The maximum absolute atomic E-state index is 12.4. The Morgan fingerprint density at radius 2 is 1.76 bits per heavy atom. The van der Waals surface area contributed by atoms with Gasteiger partial charge in [0.2, 0.25) is 0 Å². The first-order valence-corrected chi connectivity index (χ1v) is 9.23. The van der Waals surface area contributed by atoms with Crippen LogP contribution in [0.25, 0.3) is 0 Å². The van der Waals surface area contributed by atoms with Crippen LogP contribution in [-0.2, 0) is 10.0 Å². The summed E-state index contributed by atoms with van der Waals surface area (Å²) in [6.45, 7) is 2.74. The maximum Gasteiger partial charge on any atom is 0.266 e. The number of rotatable bonds is 4. The number of hydrogen-bond donors (Lipinski definition) is 2. The average Bonchev–Trinajstić information content (AvgIpc) is 2.85. The Labute approximate surface area is 146 Å². The number of hydrogen-bond acceptors (Lipinski definition) is 5. The Morgan fingerprint density at radius 3 is 2.52 bits per heavy atom. The summed E-state index contributed by atoms with van der Waals surface area (Å²) in [5, 5.41) is 0. The number of aryl methyl sites for hydroxylation is 1. The van der Waals surface area contributed by atoms with Crippen molar-refractivity contribution in [3.8, 4) is 11.5 Å². The number of carbonyl (C=O) groups is 1. The molecule has 0 fully saturated rings. The average molecular weight is 362 g/mol. The van der Waals surface area contributed by atoms with Gasteiger partial charge in [-0.15, -0.1) is 4.83 Å². The third kappa shape index (κ3) is 3.92. The molecule has 132 valence electrons. The molecule has 1 aliphatic rings. The smallest absolute Gasteiger partial charge is 0.266 e. The van der Waals surface area contributed by atoms with E-state index in [1.165, 1.54) is 12.1 Å². The van der Waals surface area contributed by atoms with Crippen molar-refractivity contribution < 1.29 is 22.7 Å². The Morgan fingerprint density at radius 1 is 1.04 bits per heavy atom. The molecular formula is C17H18N2O5S. The van der Waals surface area contributed by atoms with Crippen molar-refractivity contribution in [3.05, 3.63) is 53.6 Å². The van der Waals surface area contributed by atoms with Crippen molar-refractivity contribution in [1.82, 2.24) is 10.3 Å². The second-order valence-corrected chi connectivity index (χ2v) is 7.22. The number of benzene rings is 2. The van der Waals surface area contributed by atoms with Crippen molar-refractivity contribution in [1.29, 1.82) is 0 Å². The molecule has 7 nitrogen and oxygen atoms in total. The van der Waals surface area contributed by atoms with Crippen LogP contribution in [0.1, 0.15) is 22.3 Å². The van der Waals surface area contributed by atoms with E-state index in [2.05, 4.69) is 10.3 Å². The largest absolute Gasteiger partial charge is 0.490 e. The van der Waals surface area contributed by atoms with Gasteiger partial charge < -0.3 is 9.47 Å². The monoisotopic (exact) mass is 362 g/mol. The molecule has 2 aromatic carbocycles. The van der Waals surface area contributed by atoms with E-state index in [4.69, 9.17) is 9.47 Å². The molecule has 0 radical (unpaired) electrons. The van der Waals surface area contributed by atoms with E-state index in [-0.39, 0.29) is 4.90 Å². The summed E-state index contributed by atoms with van der Waals surface area (Å²) in [6, 6.07) is 11.2. The highest BCUT2D eigenvalue weighted by atomic mass is 32.2. The second kappa shape index (κ2) is 7.12. The van der Waals surface area contributed by atoms with Crippen LogP contribution >= 0.6 is 0 Å². The molecule has 0 aliphatic carbocycles. The van der Waals surface area contributed by atoms with Crippen LogP contribution in [-0.4, -0.2) is 27.5 Å². The van der Waals surface area contributed by atoms with E-state index in [9.17, 15) is 13.2 Å². The number of amides is 1. The first kappa shape index (κ1) is 17.2. The van der Waals surface area contributed by atoms with Gasteiger partial charge in [0.15, 0.2) is 11.5 Å². The predicted octanol–water partition coefficient (Wildman–Crippen LogP) is 1.78. The Kier molecular flexibility index (Phi) is 4.91. The SMILES string of the molecule is Cc1ccccc1C(=O)NNS(=O)(=O)c1ccc2c(c1)OCCCO2. The van der Waals surface area contributed by atoms with Crippen molar-refractivity contribution in [2.75, 3.05) is 13.2 Å². The van der Waals surface area contributed by atoms with E-state index >= 15 is 0 Å². The lowest BCUT2D eigenvalue weighted by atomic mass is 10.1. The minimum absolute atomic E-state index is 0.0261. The quantitative estimate of drug-likeness (QED) is 0.809. The zero-order valence-electron chi connectivity index (χ0n) is 13.6. The van der Waals surface area contributed by atoms with Crippen LogP contribution in [0, 0.1) is 6.92 Å². The van der Waals surface area contributed by atoms with Crippen molar-refractivity contribution in [2.45, 2.75) is 18.2 Å². The van der Waals surface area contributed by atoms with E-state index in [0.717, 1.165) is 12.0 Å². The molecule has 1 amide bonds. The molecular weight excluding hydrogens is 344 g/mol. The summed E-state index contributed by atoms with van der Waals surface area (Å²) >= 11 is 0. The molecule has 0 saturated heterocycles. The van der Waals surface area contributed by atoms with Crippen LogP contribution < -0.4 is 19.7 Å². The molecule has 1 heterocycles. The van der Waals surface area contributed by atoms with E-state index < -0.39 is 15.9 Å². The first-order valence-electron chi connectivity index (χ1n) is 7.75. The lowest BCUT2D eigenvalue weighted by Gasteiger charge is -2.12. The van der Waals surface area contributed by atoms with Gasteiger partial charge in [0.25, 0.3) is 15.9 Å². The van der Waals surface area contributed by atoms with E-state index in [0.29, 0.717) is 30.3 Å². The van der Waals surface area contributed by atoms with E-state index in [1.54, 1.807) is 37.3 Å². The molecule has 2 N–H and O–H groups in total. The van der Waals surface area contributed by atoms with Gasteiger partial charge in [0, 0.05) is 18.1 Å². The molecule has 0 bridgehead atoms. The van der Waals surface area contributed by atoms with Gasteiger partial charge >= 0.3 is 0 Å². The van der Waals surface area contributed by atoms with Gasteiger partial charge in [-0.3, -0.25) is 10.2 Å². The summed E-state index contributed by atoms with van der Waals surface area (Å²) in [7, 11) is -3.94. The fourth-order valence-electron chi connectivity index (χ4n) is 2.38. The molecule has 0 aromatic heterocycles. The molecule has 8 heteroatoms. The van der Waals surface area contributed by atoms with Crippen molar-refractivity contribution in [2.24, 2.45) is 0 Å². The van der Waals surface area contributed by atoms with Gasteiger partial charge in [-0.25, -0.2) is 8.42 Å². The molecule has 0 spiro atoms. The third-order valence-corrected chi connectivity index (χ3v) is 4.96. The highest BCUT2D eigenvalue weighted by Crippen LogP contribution is 2.31. The molecule has 0 atom stereocenters. The topological polar surface area (TPSA) is 93.7 Å². The minimum atomic E-state index is -3.94. The molecule has 1 aliphatic heterocycles. The van der Waals surface area contributed by atoms with Crippen LogP contribution in [0.4, 0.5) is 0 Å². The first-order chi connectivity index (χ1) is 12.0. The van der Waals surface area contributed by atoms with Crippen LogP contribution in [0.2, 0.25) is 0 Å². The van der Waals surface area contributed by atoms with Crippen LogP contribution in [0.5, 0.6) is 11.5 Å². The predicted molar refractivity (Wildman–Crippen MR) is 91.0 cm³/mol. The molecule has 0 saturated carbocycles. The van der Waals surface area contributed by atoms with E-state index in [1.807, 2.05) is 0 Å². The normalized spacial score (nSPS) is 13.8. The maximum atomic E-state index is 12.4. The lowest BCUT2D eigenvalue weighted by molar-refractivity contribution is 0.0944. The molecule has 0 unspecified atom stereocenters.